The van der Waals surface area contributed by atoms with Crippen LogP contribution in [0, 0.1) is 0 Å². The van der Waals surface area contributed by atoms with Crippen molar-refractivity contribution in [3.8, 4) is 11.5 Å². The maximum atomic E-state index is 5.99. The van der Waals surface area contributed by atoms with E-state index in [2.05, 4.69) is 6.92 Å². The Balaban J connectivity index is 2.29. The Morgan fingerprint density at radius 1 is 1.05 bits per heavy atom. The Kier molecular flexibility index (Phi) is 6.67. The highest BCUT2D eigenvalue weighted by atomic mass is 16.5. The van der Waals surface area contributed by atoms with Crippen LogP contribution < -0.4 is 15.2 Å². The molecule has 0 aliphatic heterocycles. The van der Waals surface area contributed by atoms with Gasteiger partial charge in [-0.25, -0.2) is 0 Å². The number of benzene rings is 1. The second-order valence-electron chi connectivity index (χ2n) is 4.79. The van der Waals surface area contributed by atoms with Crippen LogP contribution in [0.25, 0.3) is 0 Å². The van der Waals surface area contributed by atoms with Crippen LogP contribution in [0.4, 0.5) is 0 Å². The van der Waals surface area contributed by atoms with E-state index in [0.717, 1.165) is 17.9 Å². The maximum absolute atomic E-state index is 5.99. The summed E-state index contributed by atoms with van der Waals surface area (Å²) in [6, 6.07) is 7.64. The van der Waals surface area contributed by atoms with Gasteiger partial charge in [0.1, 0.15) is 6.61 Å². The molecule has 1 aromatic rings. The van der Waals surface area contributed by atoms with Gasteiger partial charge in [0.05, 0.1) is 19.8 Å². The van der Waals surface area contributed by atoms with E-state index in [1.807, 2.05) is 38.1 Å². The van der Waals surface area contributed by atoms with Crippen LogP contribution >= 0.6 is 0 Å². The summed E-state index contributed by atoms with van der Waals surface area (Å²) in [6.07, 6.45) is 0.890. The van der Waals surface area contributed by atoms with E-state index < -0.39 is 0 Å². The van der Waals surface area contributed by atoms with Crippen molar-refractivity contribution in [3.63, 3.8) is 0 Å². The van der Waals surface area contributed by atoms with E-state index in [0.29, 0.717) is 26.4 Å². The van der Waals surface area contributed by atoms with Gasteiger partial charge < -0.3 is 19.9 Å². The summed E-state index contributed by atoms with van der Waals surface area (Å²) < 4.78 is 16.6. The van der Waals surface area contributed by atoms with E-state index >= 15 is 0 Å². The van der Waals surface area contributed by atoms with Gasteiger partial charge in [-0.05, 0) is 32.4 Å². The van der Waals surface area contributed by atoms with Gasteiger partial charge >= 0.3 is 0 Å². The summed E-state index contributed by atoms with van der Waals surface area (Å²) in [5, 5.41) is 0. The number of para-hydroxylation sites is 2. The minimum atomic E-state index is -0.261. The molecule has 19 heavy (non-hydrogen) atoms. The van der Waals surface area contributed by atoms with Crippen molar-refractivity contribution in [1.29, 1.82) is 0 Å². The van der Waals surface area contributed by atoms with E-state index in [1.54, 1.807) is 0 Å². The van der Waals surface area contributed by atoms with Crippen LogP contribution in [0.3, 0.4) is 0 Å². The molecule has 0 aromatic heterocycles. The topological polar surface area (TPSA) is 53.7 Å². The summed E-state index contributed by atoms with van der Waals surface area (Å²) in [6.45, 7) is 8.17. The fourth-order valence-corrected chi connectivity index (χ4v) is 1.46. The summed E-state index contributed by atoms with van der Waals surface area (Å²) in [5.41, 5.74) is 5.73. The molecule has 0 radical (unpaired) electrons. The molecule has 1 unspecified atom stereocenters. The Labute approximate surface area is 115 Å². The first-order valence-electron chi connectivity index (χ1n) is 6.80. The summed E-state index contributed by atoms with van der Waals surface area (Å²) in [5.74, 6) is 1.51. The Morgan fingerprint density at radius 2 is 1.68 bits per heavy atom. The van der Waals surface area contributed by atoms with E-state index in [1.165, 1.54) is 0 Å². The summed E-state index contributed by atoms with van der Waals surface area (Å²) >= 11 is 0. The number of rotatable bonds is 9. The molecule has 1 aromatic carbocycles. The standard InChI is InChI=1S/C15H25NO3/c1-4-15(3,16)12-17-10-11-19-14-9-7-6-8-13(14)18-5-2/h6-9H,4-5,10-12,16H2,1-3H3. The van der Waals surface area contributed by atoms with Crippen molar-refractivity contribution in [2.75, 3.05) is 26.4 Å². The third kappa shape index (κ3) is 5.94. The van der Waals surface area contributed by atoms with Gasteiger partial charge in [0, 0.05) is 5.54 Å². The lowest BCUT2D eigenvalue weighted by Gasteiger charge is -2.22. The molecular weight excluding hydrogens is 242 g/mol. The van der Waals surface area contributed by atoms with E-state index in [9.17, 15) is 0 Å². The van der Waals surface area contributed by atoms with Crippen LogP contribution in [0.1, 0.15) is 27.2 Å². The second kappa shape index (κ2) is 8.02. The van der Waals surface area contributed by atoms with Gasteiger partial charge in [-0.1, -0.05) is 19.1 Å². The highest BCUT2D eigenvalue weighted by Crippen LogP contribution is 2.26. The van der Waals surface area contributed by atoms with Crippen LogP contribution in [0.2, 0.25) is 0 Å². The molecule has 0 heterocycles. The predicted molar refractivity (Wildman–Crippen MR) is 76.8 cm³/mol. The molecule has 0 bridgehead atoms. The molecule has 1 atom stereocenters. The van der Waals surface area contributed by atoms with E-state index in [-0.39, 0.29) is 5.54 Å². The summed E-state index contributed by atoms with van der Waals surface area (Å²) in [7, 11) is 0. The molecular formula is C15H25NO3. The Bertz CT molecular complexity index is 366. The quantitative estimate of drug-likeness (QED) is 0.699. The first kappa shape index (κ1) is 15.8. The molecule has 4 nitrogen and oxygen atoms in total. The number of hydrogen-bond donors (Lipinski definition) is 1. The highest BCUT2D eigenvalue weighted by molar-refractivity contribution is 5.39. The second-order valence-corrected chi connectivity index (χ2v) is 4.79. The van der Waals surface area contributed by atoms with Crippen molar-refractivity contribution in [2.45, 2.75) is 32.7 Å². The zero-order valence-corrected chi connectivity index (χ0v) is 12.1. The zero-order chi connectivity index (χ0) is 14.1. The molecule has 0 amide bonds. The first-order chi connectivity index (χ1) is 9.09. The van der Waals surface area contributed by atoms with Gasteiger partial charge in [-0.3, -0.25) is 0 Å². The molecule has 4 heteroatoms. The minimum absolute atomic E-state index is 0.261. The maximum Gasteiger partial charge on any atom is 0.161 e. The fraction of sp³-hybridized carbons (Fsp3) is 0.600. The monoisotopic (exact) mass is 267 g/mol. The lowest BCUT2D eigenvalue weighted by atomic mass is 10.0. The lowest BCUT2D eigenvalue weighted by molar-refractivity contribution is 0.0657. The van der Waals surface area contributed by atoms with Gasteiger partial charge in [0.15, 0.2) is 11.5 Å². The molecule has 0 fully saturated rings. The third-order valence-corrected chi connectivity index (χ3v) is 2.87. The first-order valence-corrected chi connectivity index (χ1v) is 6.80. The molecule has 108 valence electrons. The van der Waals surface area contributed by atoms with Gasteiger partial charge in [-0.2, -0.15) is 0 Å². The molecule has 1 rings (SSSR count). The Morgan fingerprint density at radius 3 is 2.26 bits per heavy atom. The highest BCUT2D eigenvalue weighted by Gasteiger charge is 2.15. The zero-order valence-electron chi connectivity index (χ0n) is 12.1. The SMILES string of the molecule is CCOc1ccccc1OCCOCC(C)(N)CC. The Hall–Kier alpha value is -1.26. The number of hydrogen-bond acceptors (Lipinski definition) is 4. The van der Waals surface area contributed by atoms with Gasteiger partial charge in [0.25, 0.3) is 0 Å². The van der Waals surface area contributed by atoms with Gasteiger partial charge in [0.2, 0.25) is 0 Å². The molecule has 2 N–H and O–H groups in total. The molecule has 0 saturated carbocycles. The van der Waals surface area contributed by atoms with Crippen molar-refractivity contribution >= 4 is 0 Å². The average Bonchev–Trinajstić information content (AvgIpc) is 2.40. The minimum Gasteiger partial charge on any atom is -0.490 e. The van der Waals surface area contributed by atoms with Gasteiger partial charge in [-0.15, -0.1) is 0 Å². The fourth-order valence-electron chi connectivity index (χ4n) is 1.46. The number of nitrogens with two attached hydrogens (primary N) is 1. The van der Waals surface area contributed by atoms with Crippen molar-refractivity contribution in [1.82, 2.24) is 0 Å². The number of ether oxygens (including phenoxy) is 3. The van der Waals surface area contributed by atoms with Crippen LogP contribution in [0.5, 0.6) is 11.5 Å². The average molecular weight is 267 g/mol. The van der Waals surface area contributed by atoms with Crippen molar-refractivity contribution in [2.24, 2.45) is 5.73 Å². The molecule has 0 aliphatic rings. The lowest BCUT2D eigenvalue weighted by Crippen LogP contribution is -2.40. The third-order valence-electron chi connectivity index (χ3n) is 2.87. The van der Waals surface area contributed by atoms with E-state index in [4.69, 9.17) is 19.9 Å². The largest absolute Gasteiger partial charge is 0.490 e. The van der Waals surface area contributed by atoms with Crippen LogP contribution in [-0.2, 0) is 4.74 Å². The molecule has 0 spiro atoms. The van der Waals surface area contributed by atoms with Crippen molar-refractivity contribution in [3.05, 3.63) is 24.3 Å². The molecule has 0 aliphatic carbocycles. The van der Waals surface area contributed by atoms with Crippen LogP contribution in [-0.4, -0.2) is 32.0 Å². The van der Waals surface area contributed by atoms with Crippen LogP contribution in [0.15, 0.2) is 24.3 Å². The smallest absolute Gasteiger partial charge is 0.161 e. The normalized spacial score (nSPS) is 13.9. The predicted octanol–water partition coefficient (Wildman–Crippen LogP) is 2.61. The van der Waals surface area contributed by atoms with Crippen molar-refractivity contribution < 1.29 is 14.2 Å². The molecule has 0 saturated heterocycles. The summed E-state index contributed by atoms with van der Waals surface area (Å²) in [4.78, 5) is 0.